The molecule has 0 aromatic carbocycles. The smallest absolute Gasteiger partial charge is 0.246 e. The van der Waals surface area contributed by atoms with E-state index in [2.05, 4.69) is 24.4 Å². The second-order valence-electron chi connectivity index (χ2n) is 6.68. The molecule has 0 bridgehead atoms. The van der Waals surface area contributed by atoms with E-state index in [0.717, 1.165) is 32.5 Å². The van der Waals surface area contributed by atoms with Crippen molar-refractivity contribution in [3.63, 3.8) is 0 Å². The van der Waals surface area contributed by atoms with Crippen molar-refractivity contribution in [2.24, 2.45) is 0 Å². The Morgan fingerprint density at radius 2 is 1.71 bits per heavy atom. The summed E-state index contributed by atoms with van der Waals surface area (Å²) in [6, 6.07) is 0.269. The molecular formula is C20H37NO3. The van der Waals surface area contributed by atoms with Crippen LogP contribution >= 0.6 is 0 Å². The third-order valence-electron chi connectivity index (χ3n) is 4.37. The van der Waals surface area contributed by atoms with E-state index in [-0.39, 0.29) is 18.6 Å². The van der Waals surface area contributed by atoms with Gasteiger partial charge >= 0.3 is 0 Å². The maximum atomic E-state index is 11.7. The Morgan fingerprint density at radius 3 is 2.46 bits per heavy atom. The molecule has 0 unspecified atom stereocenters. The van der Waals surface area contributed by atoms with E-state index in [1.54, 1.807) is 0 Å². The molecule has 4 nitrogen and oxygen atoms in total. The normalized spacial score (nSPS) is 15.9. The molecule has 1 aliphatic rings. The molecule has 0 radical (unpaired) electrons. The van der Waals surface area contributed by atoms with Gasteiger partial charge in [0.1, 0.15) is 6.61 Å². The highest BCUT2D eigenvalue weighted by Crippen LogP contribution is 2.07. The number of nitrogens with one attached hydrogen (secondary N) is 1. The van der Waals surface area contributed by atoms with Crippen molar-refractivity contribution in [3.05, 3.63) is 12.2 Å². The molecule has 1 rings (SSSR count). The third-order valence-corrected chi connectivity index (χ3v) is 4.37. The number of carbonyl (C=O) groups excluding carboxylic acids is 1. The van der Waals surface area contributed by atoms with Gasteiger partial charge in [-0.1, -0.05) is 51.2 Å². The fourth-order valence-corrected chi connectivity index (χ4v) is 2.83. The first kappa shape index (κ1) is 21.2. The van der Waals surface area contributed by atoms with E-state index in [1.165, 1.54) is 51.4 Å². The van der Waals surface area contributed by atoms with E-state index in [4.69, 9.17) is 9.47 Å². The van der Waals surface area contributed by atoms with Crippen LogP contribution in [0.3, 0.4) is 0 Å². The minimum Gasteiger partial charge on any atom is -0.381 e. The first-order valence-corrected chi connectivity index (χ1v) is 9.92. The molecule has 0 aliphatic carbocycles. The highest BCUT2D eigenvalue weighted by Gasteiger charge is 2.15. The standard InChI is InChI=1S/C20H37NO3/c1-2-3-4-5-6-7-8-9-10-11-12-15-24-18-20(22)21-19-13-16-23-17-14-19/h5-6,19H,2-4,7-18H2,1H3,(H,21,22)/b6-5-. The first-order chi connectivity index (χ1) is 11.8. The molecule has 24 heavy (non-hydrogen) atoms. The Kier molecular flexibility index (Phi) is 13.8. The number of ether oxygens (including phenoxy) is 2. The number of amides is 1. The Balaban J connectivity index is 1.80. The van der Waals surface area contributed by atoms with E-state index < -0.39 is 0 Å². The summed E-state index contributed by atoms with van der Waals surface area (Å²) in [6.45, 7) is 4.62. The van der Waals surface area contributed by atoms with Crippen LogP contribution in [0.5, 0.6) is 0 Å². The van der Waals surface area contributed by atoms with Gasteiger partial charge in [-0.05, 0) is 38.5 Å². The molecule has 1 saturated heterocycles. The van der Waals surface area contributed by atoms with Crippen LogP contribution in [0.25, 0.3) is 0 Å². The summed E-state index contributed by atoms with van der Waals surface area (Å²) in [5, 5.41) is 3.01. The molecule has 0 spiro atoms. The maximum absolute atomic E-state index is 11.7. The highest BCUT2D eigenvalue weighted by atomic mass is 16.5. The van der Waals surface area contributed by atoms with Gasteiger partial charge < -0.3 is 14.8 Å². The van der Waals surface area contributed by atoms with E-state index in [9.17, 15) is 4.79 Å². The molecule has 0 aromatic rings. The molecule has 1 amide bonds. The zero-order valence-electron chi connectivity index (χ0n) is 15.6. The molecule has 1 N–H and O–H groups in total. The lowest BCUT2D eigenvalue weighted by molar-refractivity contribution is -0.127. The van der Waals surface area contributed by atoms with Gasteiger partial charge in [0.05, 0.1) is 0 Å². The lowest BCUT2D eigenvalue weighted by Gasteiger charge is -2.23. The lowest BCUT2D eigenvalue weighted by atomic mass is 10.1. The molecule has 140 valence electrons. The van der Waals surface area contributed by atoms with Crippen molar-refractivity contribution in [2.45, 2.75) is 83.6 Å². The molecule has 0 aromatic heterocycles. The molecule has 1 heterocycles. The fourth-order valence-electron chi connectivity index (χ4n) is 2.83. The van der Waals surface area contributed by atoms with Crippen molar-refractivity contribution in [1.82, 2.24) is 5.32 Å². The number of rotatable bonds is 14. The van der Waals surface area contributed by atoms with Gasteiger partial charge in [0.15, 0.2) is 0 Å². The van der Waals surface area contributed by atoms with Crippen molar-refractivity contribution < 1.29 is 14.3 Å². The van der Waals surface area contributed by atoms with Gasteiger partial charge in [-0.3, -0.25) is 4.79 Å². The number of hydrogen-bond donors (Lipinski definition) is 1. The monoisotopic (exact) mass is 339 g/mol. The molecule has 0 atom stereocenters. The largest absolute Gasteiger partial charge is 0.381 e. The summed E-state index contributed by atoms with van der Waals surface area (Å²) in [4.78, 5) is 11.7. The Morgan fingerprint density at radius 1 is 1.04 bits per heavy atom. The predicted octanol–water partition coefficient (Wildman–Crippen LogP) is 4.39. The molecule has 1 aliphatic heterocycles. The number of hydrogen-bond acceptors (Lipinski definition) is 3. The molecule has 1 fully saturated rings. The quantitative estimate of drug-likeness (QED) is 0.377. The van der Waals surface area contributed by atoms with Crippen LogP contribution in [0.15, 0.2) is 12.2 Å². The Labute approximate surface area is 148 Å². The molecule has 4 heteroatoms. The molecule has 0 saturated carbocycles. The minimum atomic E-state index is 0.0109. The van der Waals surface area contributed by atoms with E-state index in [1.807, 2.05) is 0 Å². The van der Waals surface area contributed by atoms with Gasteiger partial charge in [-0.25, -0.2) is 0 Å². The zero-order chi connectivity index (χ0) is 17.3. The summed E-state index contributed by atoms with van der Waals surface area (Å²) < 4.78 is 10.7. The van der Waals surface area contributed by atoms with Crippen molar-refractivity contribution >= 4 is 5.91 Å². The zero-order valence-corrected chi connectivity index (χ0v) is 15.6. The molecular weight excluding hydrogens is 302 g/mol. The Hall–Kier alpha value is -0.870. The number of unbranched alkanes of at least 4 members (excludes halogenated alkanes) is 7. The van der Waals surface area contributed by atoms with E-state index in [0.29, 0.717) is 6.61 Å². The van der Waals surface area contributed by atoms with Gasteiger partial charge in [-0.15, -0.1) is 0 Å². The number of carbonyl (C=O) groups is 1. The summed E-state index contributed by atoms with van der Waals surface area (Å²) in [7, 11) is 0. The maximum Gasteiger partial charge on any atom is 0.246 e. The van der Waals surface area contributed by atoms with Crippen molar-refractivity contribution in [1.29, 1.82) is 0 Å². The second kappa shape index (κ2) is 15.6. The van der Waals surface area contributed by atoms with Gasteiger partial charge in [-0.2, -0.15) is 0 Å². The van der Waals surface area contributed by atoms with Crippen LogP contribution in [0.1, 0.15) is 77.6 Å². The van der Waals surface area contributed by atoms with Crippen LogP contribution < -0.4 is 5.32 Å². The average Bonchev–Trinajstić information content (AvgIpc) is 2.60. The highest BCUT2D eigenvalue weighted by molar-refractivity contribution is 5.77. The van der Waals surface area contributed by atoms with Crippen molar-refractivity contribution in [2.75, 3.05) is 26.4 Å². The van der Waals surface area contributed by atoms with Gasteiger partial charge in [0.2, 0.25) is 5.91 Å². The van der Waals surface area contributed by atoms with Crippen LogP contribution in [0.4, 0.5) is 0 Å². The number of allylic oxidation sites excluding steroid dienone is 2. The van der Waals surface area contributed by atoms with Crippen LogP contribution in [-0.4, -0.2) is 38.4 Å². The lowest BCUT2D eigenvalue weighted by Crippen LogP contribution is -2.40. The first-order valence-electron chi connectivity index (χ1n) is 9.92. The Bertz CT molecular complexity index is 325. The topological polar surface area (TPSA) is 47.6 Å². The van der Waals surface area contributed by atoms with Crippen molar-refractivity contribution in [3.8, 4) is 0 Å². The summed E-state index contributed by atoms with van der Waals surface area (Å²) >= 11 is 0. The minimum absolute atomic E-state index is 0.0109. The summed E-state index contributed by atoms with van der Waals surface area (Å²) in [5.74, 6) is 0.0109. The van der Waals surface area contributed by atoms with Gasteiger partial charge in [0.25, 0.3) is 0 Å². The predicted molar refractivity (Wildman–Crippen MR) is 99.2 cm³/mol. The fraction of sp³-hybridized carbons (Fsp3) is 0.850. The average molecular weight is 340 g/mol. The van der Waals surface area contributed by atoms with E-state index >= 15 is 0 Å². The summed E-state index contributed by atoms with van der Waals surface area (Å²) in [6.07, 6.45) is 17.6. The van der Waals surface area contributed by atoms with Crippen LogP contribution in [-0.2, 0) is 14.3 Å². The summed E-state index contributed by atoms with van der Waals surface area (Å²) in [5.41, 5.74) is 0. The van der Waals surface area contributed by atoms with Crippen LogP contribution in [0, 0.1) is 0 Å². The van der Waals surface area contributed by atoms with Crippen LogP contribution in [0.2, 0.25) is 0 Å². The third kappa shape index (κ3) is 12.5. The van der Waals surface area contributed by atoms with Gasteiger partial charge in [0, 0.05) is 25.9 Å². The second-order valence-corrected chi connectivity index (χ2v) is 6.68. The SMILES string of the molecule is CCCC/C=C\CCCCCCCOCC(=O)NC1CCOCC1.